The smallest absolute Gasteiger partial charge is 0.134 e. The number of phenolic OH excluding ortho intramolecular Hbond substituents is 1. The van der Waals surface area contributed by atoms with Gasteiger partial charge in [0.05, 0.1) is 5.02 Å². The van der Waals surface area contributed by atoms with Gasteiger partial charge in [-0.3, -0.25) is 0 Å². The highest BCUT2D eigenvalue weighted by Crippen LogP contribution is 2.23. The predicted octanol–water partition coefficient (Wildman–Crippen LogP) is 2.89. The standard InChI is InChI=1S/C11H16ClNO/c1-3-6-13(2)8-9-4-5-11(14)10(12)7-9/h4-5,7,14H,3,6,8H2,1-2H3. The number of rotatable bonds is 4. The summed E-state index contributed by atoms with van der Waals surface area (Å²) in [6, 6.07) is 5.34. The van der Waals surface area contributed by atoms with E-state index in [4.69, 9.17) is 11.6 Å². The molecule has 0 heterocycles. The van der Waals surface area contributed by atoms with Crippen molar-refractivity contribution in [2.45, 2.75) is 19.9 Å². The molecular formula is C11H16ClNO. The number of benzene rings is 1. The Bertz CT molecular complexity index is 301. The first kappa shape index (κ1) is 11.3. The van der Waals surface area contributed by atoms with Gasteiger partial charge in [0, 0.05) is 6.54 Å². The monoisotopic (exact) mass is 213 g/mol. The van der Waals surface area contributed by atoms with Crippen LogP contribution in [0.4, 0.5) is 0 Å². The molecule has 0 aliphatic heterocycles. The summed E-state index contributed by atoms with van der Waals surface area (Å²) >= 11 is 5.81. The Labute approximate surface area is 90.1 Å². The quantitative estimate of drug-likeness (QED) is 0.832. The molecule has 0 saturated heterocycles. The van der Waals surface area contributed by atoms with E-state index in [1.165, 1.54) is 0 Å². The van der Waals surface area contributed by atoms with Crippen molar-refractivity contribution in [2.75, 3.05) is 13.6 Å². The number of hydrogen-bond acceptors (Lipinski definition) is 2. The molecule has 0 amide bonds. The van der Waals surface area contributed by atoms with E-state index in [2.05, 4.69) is 18.9 Å². The number of phenols is 1. The topological polar surface area (TPSA) is 23.5 Å². The zero-order valence-corrected chi connectivity index (χ0v) is 9.38. The fourth-order valence-electron chi connectivity index (χ4n) is 1.42. The summed E-state index contributed by atoms with van der Waals surface area (Å²) in [5.41, 5.74) is 1.13. The minimum atomic E-state index is 0.147. The lowest BCUT2D eigenvalue weighted by molar-refractivity contribution is 0.327. The highest BCUT2D eigenvalue weighted by Gasteiger charge is 2.02. The fourth-order valence-corrected chi connectivity index (χ4v) is 1.62. The first-order valence-corrected chi connectivity index (χ1v) is 5.17. The zero-order chi connectivity index (χ0) is 10.6. The van der Waals surface area contributed by atoms with Crippen LogP contribution in [0.15, 0.2) is 18.2 Å². The second-order valence-corrected chi connectivity index (χ2v) is 3.93. The minimum absolute atomic E-state index is 0.147. The molecule has 0 radical (unpaired) electrons. The molecular weight excluding hydrogens is 198 g/mol. The summed E-state index contributed by atoms with van der Waals surface area (Å²) in [6.07, 6.45) is 1.14. The molecule has 78 valence electrons. The van der Waals surface area contributed by atoms with Crippen LogP contribution in [0.3, 0.4) is 0 Å². The Morgan fingerprint density at radius 3 is 2.71 bits per heavy atom. The molecule has 0 saturated carbocycles. The van der Waals surface area contributed by atoms with Crippen LogP contribution in [0.5, 0.6) is 5.75 Å². The Hall–Kier alpha value is -0.730. The van der Waals surface area contributed by atoms with E-state index >= 15 is 0 Å². The van der Waals surface area contributed by atoms with Gasteiger partial charge in [-0.15, -0.1) is 0 Å². The van der Waals surface area contributed by atoms with Crippen LogP contribution in [0, 0.1) is 0 Å². The van der Waals surface area contributed by atoms with Crippen molar-refractivity contribution in [3.8, 4) is 5.75 Å². The summed E-state index contributed by atoms with van der Waals surface area (Å²) in [5.74, 6) is 0.147. The van der Waals surface area contributed by atoms with Gasteiger partial charge in [0.1, 0.15) is 5.75 Å². The number of nitrogens with zero attached hydrogens (tertiary/aromatic N) is 1. The van der Waals surface area contributed by atoms with Gasteiger partial charge in [-0.25, -0.2) is 0 Å². The van der Waals surface area contributed by atoms with E-state index in [9.17, 15) is 5.11 Å². The lowest BCUT2D eigenvalue weighted by Gasteiger charge is -2.15. The van der Waals surface area contributed by atoms with Gasteiger partial charge in [-0.1, -0.05) is 24.6 Å². The van der Waals surface area contributed by atoms with Crippen LogP contribution >= 0.6 is 11.6 Å². The maximum atomic E-state index is 9.24. The van der Waals surface area contributed by atoms with Gasteiger partial charge in [-0.2, -0.15) is 0 Å². The third kappa shape index (κ3) is 3.20. The molecule has 1 N–H and O–H groups in total. The molecule has 0 aromatic heterocycles. The Kier molecular flexibility index (Phi) is 4.23. The summed E-state index contributed by atoms with van der Waals surface area (Å²) in [5, 5.41) is 9.66. The van der Waals surface area contributed by atoms with Gasteiger partial charge in [0.15, 0.2) is 0 Å². The van der Waals surface area contributed by atoms with Crippen molar-refractivity contribution in [3.05, 3.63) is 28.8 Å². The third-order valence-electron chi connectivity index (χ3n) is 2.07. The SMILES string of the molecule is CCCN(C)Cc1ccc(O)c(Cl)c1. The molecule has 0 unspecified atom stereocenters. The van der Waals surface area contributed by atoms with Crippen molar-refractivity contribution in [2.24, 2.45) is 0 Å². The minimum Gasteiger partial charge on any atom is -0.506 e. The van der Waals surface area contributed by atoms with Crippen LogP contribution < -0.4 is 0 Å². The average Bonchev–Trinajstić information content (AvgIpc) is 2.12. The Balaban J connectivity index is 2.63. The second-order valence-electron chi connectivity index (χ2n) is 3.52. The first-order chi connectivity index (χ1) is 6.63. The zero-order valence-electron chi connectivity index (χ0n) is 8.63. The summed E-state index contributed by atoms with van der Waals surface area (Å²) < 4.78 is 0. The van der Waals surface area contributed by atoms with Crippen LogP contribution in [-0.2, 0) is 6.54 Å². The summed E-state index contributed by atoms with van der Waals surface area (Å²) in [7, 11) is 2.07. The van der Waals surface area contributed by atoms with Crippen LogP contribution in [0.1, 0.15) is 18.9 Å². The maximum Gasteiger partial charge on any atom is 0.134 e. The van der Waals surface area contributed by atoms with Gasteiger partial charge in [-0.05, 0) is 37.7 Å². The molecule has 0 aliphatic carbocycles. The van der Waals surface area contributed by atoms with E-state index in [-0.39, 0.29) is 5.75 Å². The number of hydrogen-bond donors (Lipinski definition) is 1. The number of aromatic hydroxyl groups is 1. The van der Waals surface area contributed by atoms with E-state index in [0.717, 1.165) is 25.1 Å². The van der Waals surface area contributed by atoms with Gasteiger partial charge in [0.25, 0.3) is 0 Å². The van der Waals surface area contributed by atoms with E-state index in [1.807, 2.05) is 12.1 Å². The molecule has 0 aliphatic rings. The number of halogens is 1. The molecule has 1 aromatic rings. The highest BCUT2D eigenvalue weighted by atomic mass is 35.5. The molecule has 0 spiro atoms. The predicted molar refractivity (Wildman–Crippen MR) is 59.7 cm³/mol. The van der Waals surface area contributed by atoms with Crippen molar-refractivity contribution in [1.29, 1.82) is 0 Å². The average molecular weight is 214 g/mol. The Morgan fingerprint density at radius 1 is 1.43 bits per heavy atom. The molecule has 1 rings (SSSR count). The molecule has 3 heteroatoms. The Morgan fingerprint density at radius 2 is 2.14 bits per heavy atom. The first-order valence-electron chi connectivity index (χ1n) is 4.79. The molecule has 0 atom stereocenters. The highest BCUT2D eigenvalue weighted by molar-refractivity contribution is 6.32. The van der Waals surface area contributed by atoms with Crippen molar-refractivity contribution in [3.63, 3.8) is 0 Å². The summed E-state index contributed by atoms with van der Waals surface area (Å²) in [4.78, 5) is 2.22. The van der Waals surface area contributed by atoms with Crippen LogP contribution in [0.25, 0.3) is 0 Å². The third-order valence-corrected chi connectivity index (χ3v) is 2.37. The van der Waals surface area contributed by atoms with E-state index in [0.29, 0.717) is 5.02 Å². The van der Waals surface area contributed by atoms with Crippen molar-refractivity contribution < 1.29 is 5.11 Å². The molecule has 1 aromatic carbocycles. The van der Waals surface area contributed by atoms with E-state index < -0.39 is 0 Å². The molecule has 2 nitrogen and oxygen atoms in total. The van der Waals surface area contributed by atoms with Crippen molar-refractivity contribution in [1.82, 2.24) is 4.90 Å². The largest absolute Gasteiger partial charge is 0.506 e. The molecule has 0 bridgehead atoms. The normalized spacial score (nSPS) is 10.9. The van der Waals surface area contributed by atoms with Crippen molar-refractivity contribution >= 4 is 11.6 Å². The maximum absolute atomic E-state index is 9.24. The van der Waals surface area contributed by atoms with Gasteiger partial charge < -0.3 is 10.0 Å². The molecule has 0 fully saturated rings. The van der Waals surface area contributed by atoms with Gasteiger partial charge >= 0.3 is 0 Å². The molecule has 14 heavy (non-hydrogen) atoms. The van der Waals surface area contributed by atoms with Gasteiger partial charge in [0.2, 0.25) is 0 Å². The lowest BCUT2D eigenvalue weighted by atomic mass is 10.2. The van der Waals surface area contributed by atoms with Crippen LogP contribution in [0.2, 0.25) is 5.02 Å². The second kappa shape index (κ2) is 5.23. The van der Waals surface area contributed by atoms with Crippen LogP contribution in [-0.4, -0.2) is 23.6 Å². The fraction of sp³-hybridized carbons (Fsp3) is 0.455. The summed E-state index contributed by atoms with van der Waals surface area (Å²) in [6.45, 7) is 4.09. The van der Waals surface area contributed by atoms with E-state index in [1.54, 1.807) is 6.07 Å². The lowest BCUT2D eigenvalue weighted by Crippen LogP contribution is -2.18.